The highest BCUT2D eigenvalue weighted by Gasteiger charge is 2.11. The fourth-order valence-electron chi connectivity index (χ4n) is 2.09. The van der Waals surface area contributed by atoms with Crippen molar-refractivity contribution in [2.45, 2.75) is 32.7 Å². The fraction of sp³-hybridized carbons (Fsp3) is 0.625. The largest absolute Gasteiger partial charge is 0.493 e. The molecule has 0 saturated carbocycles. The van der Waals surface area contributed by atoms with Gasteiger partial charge in [-0.2, -0.15) is 0 Å². The lowest BCUT2D eigenvalue weighted by molar-refractivity contribution is 0.122. The molecule has 1 atom stereocenters. The molecule has 0 heterocycles. The third-order valence-corrected chi connectivity index (χ3v) is 3.14. The van der Waals surface area contributed by atoms with Crippen molar-refractivity contribution in [2.75, 3.05) is 34.0 Å². The Bertz CT molecular complexity index is 374. The summed E-state index contributed by atoms with van der Waals surface area (Å²) in [6, 6.07) is 6.39. The Balaban J connectivity index is 2.70. The Morgan fingerprint density at radius 3 is 2.45 bits per heavy atom. The lowest BCUT2D eigenvalue weighted by Gasteiger charge is -2.19. The van der Waals surface area contributed by atoms with Crippen molar-refractivity contribution in [1.82, 2.24) is 5.32 Å². The average Bonchev–Trinajstić information content (AvgIpc) is 2.49. The molecule has 1 aromatic rings. The summed E-state index contributed by atoms with van der Waals surface area (Å²) in [5.41, 5.74) is 1.22. The summed E-state index contributed by atoms with van der Waals surface area (Å²) in [6.45, 7) is 6.67. The van der Waals surface area contributed by atoms with Gasteiger partial charge in [0.05, 0.1) is 20.8 Å². The summed E-state index contributed by atoms with van der Waals surface area (Å²) >= 11 is 0. The monoisotopic (exact) mass is 281 g/mol. The molecule has 0 radical (unpaired) electrons. The number of nitrogens with one attached hydrogen (secondary N) is 1. The third-order valence-electron chi connectivity index (χ3n) is 3.14. The van der Waals surface area contributed by atoms with E-state index >= 15 is 0 Å². The SMILES string of the molecule is CCCNC(COCC)Cc1ccc(OC)c(OC)c1. The number of benzene rings is 1. The molecule has 0 amide bonds. The second-order valence-electron chi connectivity index (χ2n) is 4.70. The maximum absolute atomic E-state index is 5.55. The zero-order chi connectivity index (χ0) is 14.8. The van der Waals surface area contributed by atoms with Gasteiger partial charge in [-0.1, -0.05) is 13.0 Å². The second-order valence-corrected chi connectivity index (χ2v) is 4.70. The van der Waals surface area contributed by atoms with Gasteiger partial charge in [0.25, 0.3) is 0 Å². The smallest absolute Gasteiger partial charge is 0.160 e. The van der Waals surface area contributed by atoms with E-state index in [1.165, 1.54) is 5.56 Å². The van der Waals surface area contributed by atoms with Crippen molar-refractivity contribution in [3.8, 4) is 11.5 Å². The van der Waals surface area contributed by atoms with Gasteiger partial charge in [0, 0.05) is 12.6 Å². The van der Waals surface area contributed by atoms with Crippen LogP contribution in [0.15, 0.2) is 18.2 Å². The quantitative estimate of drug-likeness (QED) is 0.716. The molecule has 4 heteroatoms. The Morgan fingerprint density at radius 1 is 1.10 bits per heavy atom. The van der Waals surface area contributed by atoms with Gasteiger partial charge in [0.15, 0.2) is 11.5 Å². The Hall–Kier alpha value is -1.26. The van der Waals surface area contributed by atoms with E-state index in [1.54, 1.807) is 14.2 Å². The molecular weight excluding hydrogens is 254 g/mol. The van der Waals surface area contributed by atoms with Crippen LogP contribution in [0.2, 0.25) is 0 Å². The summed E-state index contributed by atoms with van der Waals surface area (Å²) in [7, 11) is 3.31. The zero-order valence-electron chi connectivity index (χ0n) is 13.1. The molecule has 0 aliphatic heterocycles. The zero-order valence-corrected chi connectivity index (χ0v) is 13.1. The predicted octanol–water partition coefficient (Wildman–Crippen LogP) is 2.65. The van der Waals surface area contributed by atoms with Crippen LogP contribution < -0.4 is 14.8 Å². The maximum atomic E-state index is 5.55. The molecule has 0 aromatic heterocycles. The van der Waals surface area contributed by atoms with E-state index in [0.29, 0.717) is 6.04 Å². The first-order chi connectivity index (χ1) is 9.74. The normalized spacial score (nSPS) is 12.2. The van der Waals surface area contributed by atoms with Gasteiger partial charge in [-0.25, -0.2) is 0 Å². The van der Waals surface area contributed by atoms with Crippen LogP contribution in [0.5, 0.6) is 11.5 Å². The summed E-state index contributed by atoms with van der Waals surface area (Å²) in [5.74, 6) is 1.54. The van der Waals surface area contributed by atoms with Gasteiger partial charge in [0.2, 0.25) is 0 Å². The molecule has 0 bridgehead atoms. The van der Waals surface area contributed by atoms with Crippen molar-refractivity contribution in [1.29, 1.82) is 0 Å². The summed E-state index contributed by atoms with van der Waals surface area (Å²) < 4.78 is 16.2. The van der Waals surface area contributed by atoms with E-state index in [1.807, 2.05) is 19.1 Å². The van der Waals surface area contributed by atoms with Crippen LogP contribution in [0, 0.1) is 0 Å². The van der Waals surface area contributed by atoms with E-state index in [4.69, 9.17) is 14.2 Å². The molecular formula is C16H27NO3. The van der Waals surface area contributed by atoms with Crippen LogP contribution in [0.3, 0.4) is 0 Å². The van der Waals surface area contributed by atoms with E-state index in [0.717, 1.165) is 44.1 Å². The molecule has 0 aliphatic rings. The standard InChI is InChI=1S/C16H27NO3/c1-5-9-17-14(12-20-6-2)10-13-7-8-15(18-3)16(11-13)19-4/h7-8,11,14,17H,5-6,9-10,12H2,1-4H3. The Morgan fingerprint density at radius 2 is 1.85 bits per heavy atom. The van der Waals surface area contributed by atoms with Crippen LogP contribution in [0.4, 0.5) is 0 Å². The minimum Gasteiger partial charge on any atom is -0.493 e. The highest BCUT2D eigenvalue weighted by molar-refractivity contribution is 5.43. The van der Waals surface area contributed by atoms with E-state index in [9.17, 15) is 0 Å². The molecule has 0 spiro atoms. The minimum absolute atomic E-state index is 0.327. The van der Waals surface area contributed by atoms with Crippen molar-refractivity contribution in [3.05, 3.63) is 23.8 Å². The van der Waals surface area contributed by atoms with Gasteiger partial charge >= 0.3 is 0 Å². The van der Waals surface area contributed by atoms with E-state index in [2.05, 4.69) is 18.3 Å². The van der Waals surface area contributed by atoms with Crippen molar-refractivity contribution in [2.24, 2.45) is 0 Å². The number of methoxy groups -OCH3 is 2. The van der Waals surface area contributed by atoms with Crippen LogP contribution in [0.1, 0.15) is 25.8 Å². The predicted molar refractivity (Wildman–Crippen MR) is 81.8 cm³/mol. The minimum atomic E-state index is 0.327. The molecule has 1 unspecified atom stereocenters. The Labute approximate surface area is 122 Å². The highest BCUT2D eigenvalue weighted by atomic mass is 16.5. The molecule has 114 valence electrons. The first-order valence-corrected chi connectivity index (χ1v) is 7.27. The lowest BCUT2D eigenvalue weighted by atomic mass is 10.1. The number of hydrogen-bond donors (Lipinski definition) is 1. The van der Waals surface area contributed by atoms with E-state index < -0.39 is 0 Å². The average molecular weight is 281 g/mol. The Kier molecular flexibility index (Phi) is 8.07. The molecule has 1 aromatic carbocycles. The first-order valence-electron chi connectivity index (χ1n) is 7.27. The maximum Gasteiger partial charge on any atom is 0.160 e. The summed E-state index contributed by atoms with van der Waals surface area (Å²) in [6.07, 6.45) is 2.04. The van der Waals surface area contributed by atoms with Gasteiger partial charge in [-0.15, -0.1) is 0 Å². The number of ether oxygens (including phenoxy) is 3. The molecule has 4 nitrogen and oxygen atoms in total. The van der Waals surface area contributed by atoms with Crippen LogP contribution in [0.25, 0.3) is 0 Å². The second kappa shape index (κ2) is 9.61. The van der Waals surface area contributed by atoms with Crippen molar-refractivity contribution < 1.29 is 14.2 Å². The molecule has 0 aliphatic carbocycles. The summed E-state index contributed by atoms with van der Waals surface area (Å²) in [5, 5.41) is 3.52. The number of rotatable bonds is 10. The van der Waals surface area contributed by atoms with Gasteiger partial charge in [-0.05, 0) is 44.0 Å². The third kappa shape index (κ3) is 5.39. The fourth-order valence-corrected chi connectivity index (χ4v) is 2.09. The number of hydrogen-bond acceptors (Lipinski definition) is 4. The molecule has 1 N–H and O–H groups in total. The van der Waals surface area contributed by atoms with Crippen LogP contribution in [-0.2, 0) is 11.2 Å². The van der Waals surface area contributed by atoms with E-state index in [-0.39, 0.29) is 0 Å². The van der Waals surface area contributed by atoms with Gasteiger partial charge in [-0.3, -0.25) is 0 Å². The molecule has 0 saturated heterocycles. The highest BCUT2D eigenvalue weighted by Crippen LogP contribution is 2.27. The van der Waals surface area contributed by atoms with Crippen molar-refractivity contribution in [3.63, 3.8) is 0 Å². The van der Waals surface area contributed by atoms with Crippen molar-refractivity contribution >= 4 is 0 Å². The molecule has 1 rings (SSSR count). The van der Waals surface area contributed by atoms with Crippen LogP contribution >= 0.6 is 0 Å². The molecule has 20 heavy (non-hydrogen) atoms. The summed E-state index contributed by atoms with van der Waals surface area (Å²) in [4.78, 5) is 0. The lowest BCUT2D eigenvalue weighted by Crippen LogP contribution is -2.36. The molecule has 0 fully saturated rings. The first kappa shape index (κ1) is 16.8. The van der Waals surface area contributed by atoms with Gasteiger partial charge < -0.3 is 19.5 Å². The van der Waals surface area contributed by atoms with Crippen LogP contribution in [-0.4, -0.2) is 40.0 Å². The van der Waals surface area contributed by atoms with Gasteiger partial charge in [0.1, 0.15) is 0 Å². The topological polar surface area (TPSA) is 39.7 Å².